The summed E-state index contributed by atoms with van der Waals surface area (Å²) in [5, 5.41) is 2.78. The molecule has 25 heavy (non-hydrogen) atoms. The molecule has 0 radical (unpaired) electrons. The molecule has 0 aliphatic carbocycles. The fourth-order valence-electron chi connectivity index (χ4n) is 1.90. The molecule has 8 heteroatoms. The van der Waals surface area contributed by atoms with E-state index in [0.717, 1.165) is 19.3 Å². The fraction of sp³-hybridized carbons (Fsp3) is 0.0588. The van der Waals surface area contributed by atoms with Crippen molar-refractivity contribution in [1.29, 1.82) is 0 Å². The molecule has 0 fully saturated rings. The highest BCUT2D eigenvalue weighted by atomic mass is 35.5. The summed E-state index contributed by atoms with van der Waals surface area (Å²) >= 11 is 11.8. The quantitative estimate of drug-likeness (QED) is 0.612. The minimum Gasteiger partial charge on any atom is -0.465 e. The number of hydrogen-bond donors (Lipinski definition) is 1. The molecule has 4 nitrogen and oxygen atoms in total. The van der Waals surface area contributed by atoms with E-state index in [9.17, 15) is 18.4 Å². The Hall–Kier alpha value is -2.44. The maximum absolute atomic E-state index is 13.8. The number of methoxy groups -OCH3 is 1. The van der Waals surface area contributed by atoms with Crippen LogP contribution in [0.25, 0.3) is 6.08 Å². The molecule has 0 heterocycles. The summed E-state index contributed by atoms with van der Waals surface area (Å²) < 4.78 is 31.7. The van der Waals surface area contributed by atoms with E-state index in [4.69, 9.17) is 23.2 Å². The monoisotopic (exact) mass is 385 g/mol. The van der Waals surface area contributed by atoms with Crippen molar-refractivity contribution in [3.63, 3.8) is 0 Å². The van der Waals surface area contributed by atoms with Gasteiger partial charge < -0.3 is 10.1 Å². The lowest BCUT2D eigenvalue weighted by atomic mass is 10.1. The summed E-state index contributed by atoms with van der Waals surface area (Å²) in [5.41, 5.74) is -0.381. The zero-order valence-corrected chi connectivity index (χ0v) is 14.3. The zero-order valence-electron chi connectivity index (χ0n) is 12.8. The Kier molecular flexibility index (Phi) is 6.12. The summed E-state index contributed by atoms with van der Waals surface area (Å²) in [4.78, 5) is 23.3. The van der Waals surface area contributed by atoms with E-state index in [0.29, 0.717) is 16.7 Å². The molecule has 0 saturated heterocycles. The number of halogens is 4. The van der Waals surface area contributed by atoms with Gasteiger partial charge in [-0.25, -0.2) is 13.6 Å². The van der Waals surface area contributed by atoms with E-state index in [2.05, 4.69) is 10.1 Å². The van der Waals surface area contributed by atoms with E-state index in [1.165, 1.54) is 6.08 Å². The highest BCUT2D eigenvalue weighted by Gasteiger charge is 2.17. The van der Waals surface area contributed by atoms with Crippen LogP contribution in [0, 0.1) is 11.6 Å². The minimum absolute atomic E-state index is 0.258. The van der Waals surface area contributed by atoms with Crippen LogP contribution < -0.4 is 5.32 Å². The van der Waals surface area contributed by atoms with Crippen LogP contribution in [0.5, 0.6) is 0 Å². The lowest BCUT2D eigenvalue weighted by Gasteiger charge is -2.07. The largest absolute Gasteiger partial charge is 0.465 e. The highest BCUT2D eigenvalue weighted by Crippen LogP contribution is 2.26. The van der Waals surface area contributed by atoms with Crippen molar-refractivity contribution < 1.29 is 23.1 Å². The number of anilines is 1. The van der Waals surface area contributed by atoms with Gasteiger partial charge in [0.2, 0.25) is 5.91 Å². The predicted octanol–water partition coefficient (Wildman–Crippen LogP) is 4.71. The maximum Gasteiger partial charge on any atom is 0.340 e. The van der Waals surface area contributed by atoms with Gasteiger partial charge in [0.1, 0.15) is 11.6 Å². The molecular weight excluding hydrogens is 375 g/mol. The van der Waals surface area contributed by atoms with Gasteiger partial charge in [0.05, 0.1) is 28.4 Å². The Morgan fingerprint density at radius 2 is 1.88 bits per heavy atom. The fourth-order valence-corrected chi connectivity index (χ4v) is 2.27. The van der Waals surface area contributed by atoms with Crippen molar-refractivity contribution in [3.8, 4) is 0 Å². The third-order valence-corrected chi connectivity index (χ3v) is 3.95. The van der Waals surface area contributed by atoms with Crippen LogP contribution in [-0.2, 0) is 9.53 Å². The second kappa shape index (κ2) is 8.09. The predicted molar refractivity (Wildman–Crippen MR) is 91.8 cm³/mol. The number of carbonyl (C=O) groups is 2. The standard InChI is InChI=1S/C17H11Cl2F2NO3/c1-25-17(24)10-7-14(13(21)8-12(10)20)22-15(23)6-5-9-3-2-4-11(18)16(9)19/h2-8H,1H3,(H,22,23). The Bertz CT molecular complexity index is 869. The van der Waals surface area contributed by atoms with E-state index >= 15 is 0 Å². The van der Waals surface area contributed by atoms with Gasteiger partial charge in [0, 0.05) is 12.1 Å². The first-order chi connectivity index (χ1) is 11.8. The van der Waals surface area contributed by atoms with Crippen LogP contribution in [0.3, 0.4) is 0 Å². The Balaban J connectivity index is 2.21. The Morgan fingerprint density at radius 3 is 2.56 bits per heavy atom. The summed E-state index contributed by atoms with van der Waals surface area (Å²) in [7, 11) is 1.06. The minimum atomic E-state index is -1.09. The molecule has 2 aromatic rings. The third kappa shape index (κ3) is 4.55. The highest BCUT2D eigenvalue weighted by molar-refractivity contribution is 6.42. The number of hydrogen-bond acceptors (Lipinski definition) is 3. The lowest BCUT2D eigenvalue weighted by molar-refractivity contribution is -0.111. The van der Waals surface area contributed by atoms with Gasteiger partial charge in [-0.15, -0.1) is 0 Å². The number of nitrogens with one attached hydrogen (secondary N) is 1. The zero-order chi connectivity index (χ0) is 18.6. The first-order valence-corrected chi connectivity index (χ1v) is 7.59. The number of ether oxygens (including phenoxy) is 1. The van der Waals surface area contributed by atoms with E-state index in [1.54, 1.807) is 18.2 Å². The molecule has 0 aliphatic rings. The van der Waals surface area contributed by atoms with Gasteiger partial charge in [-0.05, 0) is 23.8 Å². The SMILES string of the molecule is COC(=O)c1cc(NC(=O)C=Cc2cccc(Cl)c2Cl)c(F)cc1F. The van der Waals surface area contributed by atoms with Crippen LogP contribution in [0.2, 0.25) is 10.0 Å². The molecular formula is C17H11Cl2F2NO3. The number of amides is 1. The molecule has 0 bridgehead atoms. The van der Waals surface area contributed by atoms with Gasteiger partial charge in [0.25, 0.3) is 0 Å². The van der Waals surface area contributed by atoms with Gasteiger partial charge in [0.15, 0.2) is 0 Å². The van der Waals surface area contributed by atoms with Crippen LogP contribution in [0.4, 0.5) is 14.5 Å². The summed E-state index contributed by atoms with van der Waals surface area (Å²) in [6.07, 6.45) is 2.48. The van der Waals surface area contributed by atoms with Gasteiger partial charge >= 0.3 is 5.97 Å². The van der Waals surface area contributed by atoms with Crippen molar-refractivity contribution in [2.45, 2.75) is 0 Å². The van der Waals surface area contributed by atoms with Gasteiger partial charge in [-0.2, -0.15) is 0 Å². The molecule has 1 N–H and O–H groups in total. The molecule has 0 unspecified atom stereocenters. The number of benzene rings is 2. The average molecular weight is 386 g/mol. The van der Waals surface area contributed by atoms with Crippen LogP contribution in [0.15, 0.2) is 36.4 Å². The molecule has 0 atom stereocenters. The van der Waals surface area contributed by atoms with Crippen molar-refractivity contribution in [2.75, 3.05) is 12.4 Å². The smallest absolute Gasteiger partial charge is 0.340 e. The molecule has 2 aromatic carbocycles. The van der Waals surface area contributed by atoms with Crippen molar-refractivity contribution in [3.05, 3.63) is 69.2 Å². The summed E-state index contributed by atoms with van der Waals surface area (Å²) in [5.74, 6) is -3.83. The van der Waals surface area contributed by atoms with E-state index in [-0.39, 0.29) is 10.7 Å². The molecule has 130 valence electrons. The van der Waals surface area contributed by atoms with Gasteiger partial charge in [-0.1, -0.05) is 35.3 Å². The van der Waals surface area contributed by atoms with Crippen LogP contribution in [-0.4, -0.2) is 19.0 Å². The normalized spacial score (nSPS) is 10.8. The second-order valence-electron chi connectivity index (χ2n) is 4.77. The molecule has 0 spiro atoms. The van der Waals surface area contributed by atoms with Crippen molar-refractivity contribution in [2.24, 2.45) is 0 Å². The summed E-state index contributed by atoms with van der Waals surface area (Å²) in [6.45, 7) is 0. The van der Waals surface area contributed by atoms with Crippen molar-refractivity contribution in [1.82, 2.24) is 0 Å². The summed E-state index contributed by atoms with van der Waals surface area (Å²) in [6, 6.07) is 6.21. The molecule has 1 amide bonds. The average Bonchev–Trinajstić information content (AvgIpc) is 2.58. The topological polar surface area (TPSA) is 55.4 Å². The molecule has 0 saturated carbocycles. The number of rotatable bonds is 4. The van der Waals surface area contributed by atoms with E-state index in [1.807, 2.05) is 0 Å². The molecule has 2 rings (SSSR count). The maximum atomic E-state index is 13.8. The lowest BCUT2D eigenvalue weighted by Crippen LogP contribution is -2.12. The Morgan fingerprint density at radius 1 is 1.16 bits per heavy atom. The first kappa shape index (κ1) is 18.9. The van der Waals surface area contributed by atoms with E-state index < -0.39 is 29.1 Å². The third-order valence-electron chi connectivity index (χ3n) is 3.12. The molecule has 0 aromatic heterocycles. The second-order valence-corrected chi connectivity index (χ2v) is 5.55. The van der Waals surface area contributed by atoms with Crippen LogP contribution >= 0.6 is 23.2 Å². The van der Waals surface area contributed by atoms with Crippen LogP contribution in [0.1, 0.15) is 15.9 Å². The van der Waals surface area contributed by atoms with Gasteiger partial charge in [-0.3, -0.25) is 4.79 Å². The Labute approximate surface area is 152 Å². The molecule has 0 aliphatic heterocycles. The first-order valence-electron chi connectivity index (χ1n) is 6.84. The number of carbonyl (C=O) groups excluding carboxylic acids is 2. The number of esters is 1. The van der Waals surface area contributed by atoms with Crippen molar-refractivity contribution >= 4 is 46.8 Å².